The van der Waals surface area contributed by atoms with E-state index in [2.05, 4.69) is 0 Å². The van der Waals surface area contributed by atoms with Gasteiger partial charge in [0.25, 0.3) is 0 Å². The van der Waals surface area contributed by atoms with Crippen molar-refractivity contribution < 1.29 is 22.8 Å². The van der Waals surface area contributed by atoms with Crippen LogP contribution in [0, 0.1) is 17.6 Å². The summed E-state index contributed by atoms with van der Waals surface area (Å²) in [7, 11) is -1.02. The van der Waals surface area contributed by atoms with Crippen LogP contribution >= 0.6 is 0 Å². The van der Waals surface area contributed by atoms with E-state index in [1.165, 1.54) is 18.6 Å². The van der Waals surface area contributed by atoms with Crippen molar-refractivity contribution in [3.05, 3.63) is 29.3 Å². The van der Waals surface area contributed by atoms with E-state index in [9.17, 15) is 8.78 Å². The highest BCUT2D eigenvalue weighted by Crippen LogP contribution is 2.37. The van der Waals surface area contributed by atoms with Gasteiger partial charge in [-0.3, -0.25) is 0 Å². The quantitative estimate of drug-likeness (QED) is 0.725. The number of hydrogen-bond donors (Lipinski definition) is 0. The summed E-state index contributed by atoms with van der Waals surface area (Å²) >= 11 is 0. The fourth-order valence-corrected chi connectivity index (χ4v) is 3.76. The molecule has 0 spiro atoms. The van der Waals surface area contributed by atoms with Gasteiger partial charge in [0.2, 0.25) is 0 Å². The van der Waals surface area contributed by atoms with Gasteiger partial charge in [-0.05, 0) is 77.0 Å². The highest BCUT2D eigenvalue weighted by Gasteiger charge is 2.53. The predicted octanol–water partition coefficient (Wildman–Crippen LogP) is 4.40. The van der Waals surface area contributed by atoms with Crippen LogP contribution in [0.2, 0.25) is 0 Å². The largest absolute Gasteiger partial charge is 0.500 e. The highest BCUT2D eigenvalue weighted by atomic mass is 19.1. The first-order chi connectivity index (χ1) is 12.7. The Kier molecular flexibility index (Phi) is 6.29. The Labute approximate surface area is 161 Å². The van der Waals surface area contributed by atoms with Gasteiger partial charge in [-0.15, -0.1) is 0 Å². The van der Waals surface area contributed by atoms with Crippen molar-refractivity contribution >= 4 is 12.6 Å². The van der Waals surface area contributed by atoms with Crippen LogP contribution in [0.1, 0.15) is 65.4 Å². The Morgan fingerprint density at radius 1 is 0.963 bits per heavy atom. The van der Waals surface area contributed by atoms with E-state index in [1.54, 1.807) is 0 Å². The Morgan fingerprint density at radius 2 is 1.59 bits per heavy atom. The van der Waals surface area contributed by atoms with Crippen LogP contribution in [-0.4, -0.2) is 31.5 Å². The fourth-order valence-electron chi connectivity index (χ4n) is 3.76. The summed E-state index contributed by atoms with van der Waals surface area (Å²) in [6, 6.07) is 2.87. The van der Waals surface area contributed by atoms with Crippen molar-refractivity contribution in [2.24, 2.45) is 5.92 Å². The third-order valence-electron chi connectivity index (χ3n) is 6.29. The second-order valence-corrected chi connectivity index (χ2v) is 8.86. The molecule has 1 unspecified atom stereocenters. The summed E-state index contributed by atoms with van der Waals surface area (Å²) in [5.74, 6) is -0.631. The zero-order chi connectivity index (χ0) is 19.7. The summed E-state index contributed by atoms with van der Waals surface area (Å²) < 4.78 is 46.6. The van der Waals surface area contributed by atoms with E-state index in [0.29, 0.717) is 17.9 Å². The zero-order valence-corrected chi connectivity index (χ0v) is 16.9. The van der Waals surface area contributed by atoms with E-state index >= 15 is 0 Å². The normalized spacial score (nSPS) is 25.3. The van der Waals surface area contributed by atoms with Crippen LogP contribution in [0.5, 0.6) is 0 Å². The molecule has 2 saturated heterocycles. The molecule has 0 bridgehead atoms. The van der Waals surface area contributed by atoms with Gasteiger partial charge in [-0.2, -0.15) is 0 Å². The van der Waals surface area contributed by atoms with Gasteiger partial charge in [-0.1, -0.05) is 12.8 Å². The molecule has 0 aliphatic carbocycles. The van der Waals surface area contributed by atoms with Crippen molar-refractivity contribution in [3.8, 4) is 0 Å². The van der Waals surface area contributed by atoms with Gasteiger partial charge in [0.1, 0.15) is 11.6 Å². The van der Waals surface area contributed by atoms with Crippen LogP contribution in [-0.2, 0) is 20.5 Å². The molecule has 0 amide bonds. The van der Waals surface area contributed by atoms with Gasteiger partial charge in [0.05, 0.1) is 16.7 Å². The Morgan fingerprint density at radius 3 is 2.22 bits per heavy atom. The van der Waals surface area contributed by atoms with E-state index in [1.807, 2.05) is 27.7 Å². The maximum absolute atomic E-state index is 14.7. The number of hydrogen-bond acceptors (Lipinski definition) is 3. The molecular weight excluding hydrogens is 349 g/mol. The maximum Gasteiger partial charge on any atom is 0.500 e. The summed E-state index contributed by atoms with van der Waals surface area (Å²) in [6.07, 6.45) is 6.05. The molecule has 2 aliphatic rings. The lowest BCUT2D eigenvalue weighted by Gasteiger charge is -2.32. The predicted molar refractivity (Wildman–Crippen MR) is 103 cm³/mol. The number of halogens is 2. The lowest BCUT2D eigenvalue weighted by Crippen LogP contribution is -2.41. The standard InChI is InChI=1S/C21H31BF2O3/c1-20(2)21(3,4)27-22(26-20)19-17(23)13-16(14-18(19)24)9-8-15-7-5-6-11-25-12-10-15/h13-15H,5-12H2,1-4H3. The first kappa shape index (κ1) is 20.8. The topological polar surface area (TPSA) is 27.7 Å². The summed E-state index contributed by atoms with van der Waals surface area (Å²) in [6.45, 7) is 9.12. The van der Waals surface area contributed by atoms with Crippen molar-refractivity contribution in [2.75, 3.05) is 13.2 Å². The lowest BCUT2D eigenvalue weighted by molar-refractivity contribution is 0.00578. The maximum atomic E-state index is 14.7. The Hall–Kier alpha value is -0.975. The highest BCUT2D eigenvalue weighted by molar-refractivity contribution is 6.62. The SMILES string of the molecule is CC1(C)OB(c2c(F)cc(CCC3CCCCOCC3)cc2F)OC1(C)C. The molecule has 0 N–H and O–H groups in total. The van der Waals surface area contributed by atoms with E-state index in [-0.39, 0.29) is 5.46 Å². The van der Waals surface area contributed by atoms with Gasteiger partial charge >= 0.3 is 7.12 Å². The third kappa shape index (κ3) is 4.72. The van der Waals surface area contributed by atoms with Crippen LogP contribution in [0.3, 0.4) is 0 Å². The number of ether oxygens (including phenoxy) is 1. The first-order valence-electron chi connectivity index (χ1n) is 10.1. The molecule has 2 aliphatic heterocycles. The first-order valence-corrected chi connectivity index (χ1v) is 10.1. The molecule has 6 heteroatoms. The second-order valence-electron chi connectivity index (χ2n) is 8.86. The van der Waals surface area contributed by atoms with Crippen molar-refractivity contribution in [1.82, 2.24) is 0 Å². The number of aryl methyl sites for hydroxylation is 1. The molecule has 3 rings (SSSR count). The van der Waals surface area contributed by atoms with Crippen LogP contribution in [0.25, 0.3) is 0 Å². The zero-order valence-electron chi connectivity index (χ0n) is 16.9. The molecule has 27 heavy (non-hydrogen) atoms. The summed E-state index contributed by atoms with van der Waals surface area (Å²) in [4.78, 5) is 0. The molecule has 2 heterocycles. The minimum absolute atomic E-state index is 0.128. The van der Waals surface area contributed by atoms with Crippen molar-refractivity contribution in [2.45, 2.75) is 77.4 Å². The van der Waals surface area contributed by atoms with Gasteiger partial charge < -0.3 is 14.0 Å². The van der Waals surface area contributed by atoms with Crippen LogP contribution in [0.15, 0.2) is 12.1 Å². The van der Waals surface area contributed by atoms with E-state index in [0.717, 1.165) is 38.9 Å². The average molecular weight is 380 g/mol. The molecule has 0 saturated carbocycles. The van der Waals surface area contributed by atoms with Crippen LogP contribution in [0.4, 0.5) is 8.78 Å². The molecule has 2 fully saturated rings. The minimum atomic E-state index is -1.02. The molecule has 1 aromatic rings. The average Bonchev–Trinajstić information content (AvgIpc) is 2.73. The molecule has 0 radical (unpaired) electrons. The van der Waals surface area contributed by atoms with Crippen molar-refractivity contribution in [1.29, 1.82) is 0 Å². The monoisotopic (exact) mass is 380 g/mol. The fraction of sp³-hybridized carbons (Fsp3) is 0.714. The second kappa shape index (κ2) is 8.18. The minimum Gasteiger partial charge on any atom is -0.399 e. The third-order valence-corrected chi connectivity index (χ3v) is 6.29. The van der Waals surface area contributed by atoms with Gasteiger partial charge in [-0.25, -0.2) is 8.78 Å². The molecule has 3 nitrogen and oxygen atoms in total. The molecule has 150 valence electrons. The Bertz CT molecular complexity index is 616. The Balaban J connectivity index is 1.68. The molecule has 0 aromatic heterocycles. The van der Waals surface area contributed by atoms with E-state index in [4.69, 9.17) is 14.0 Å². The number of rotatable bonds is 4. The number of benzene rings is 1. The molecule has 1 atom stereocenters. The van der Waals surface area contributed by atoms with Gasteiger partial charge in [0, 0.05) is 13.2 Å². The van der Waals surface area contributed by atoms with Gasteiger partial charge in [0.15, 0.2) is 0 Å². The van der Waals surface area contributed by atoms with Crippen LogP contribution < -0.4 is 5.46 Å². The van der Waals surface area contributed by atoms with Crippen molar-refractivity contribution in [3.63, 3.8) is 0 Å². The summed E-state index contributed by atoms with van der Waals surface area (Å²) in [5, 5.41) is 0. The van der Waals surface area contributed by atoms with E-state index < -0.39 is 30.0 Å². The lowest BCUT2D eigenvalue weighted by atomic mass is 9.77. The molecular formula is C21H31BF2O3. The summed E-state index contributed by atoms with van der Waals surface area (Å²) in [5.41, 5.74) is -0.699. The molecule has 1 aromatic carbocycles. The smallest absolute Gasteiger partial charge is 0.399 e.